The smallest absolute Gasteiger partial charge is 0.0128 e. The van der Waals surface area contributed by atoms with Crippen LogP contribution in [0.4, 0.5) is 0 Å². The van der Waals surface area contributed by atoms with Crippen LogP contribution >= 0.6 is 0 Å². The maximum Gasteiger partial charge on any atom is 0.0128 e. The molecule has 0 amide bonds. The summed E-state index contributed by atoms with van der Waals surface area (Å²) in [4.78, 5) is 0. The van der Waals surface area contributed by atoms with Gasteiger partial charge >= 0.3 is 0 Å². The van der Waals surface area contributed by atoms with Gasteiger partial charge in [-0.15, -0.1) is 0 Å². The van der Waals surface area contributed by atoms with Gasteiger partial charge in [0.1, 0.15) is 0 Å². The molecule has 0 heterocycles. The highest BCUT2D eigenvalue weighted by molar-refractivity contribution is 5.35. The van der Waals surface area contributed by atoms with Crippen LogP contribution in [-0.2, 0) is 19.3 Å². The minimum absolute atomic E-state index is 0.193. The first-order chi connectivity index (χ1) is 7.47. The monoisotopic (exact) mass is 217 g/mol. The van der Waals surface area contributed by atoms with Crippen molar-refractivity contribution in [2.45, 2.75) is 52.5 Å². The van der Waals surface area contributed by atoms with Crippen LogP contribution in [0.25, 0.3) is 0 Å². The number of fused-ring (bicyclic) bond motifs is 1. The van der Waals surface area contributed by atoms with E-state index in [1.54, 1.807) is 11.1 Å². The molecule has 1 nitrogen and oxygen atoms in total. The van der Waals surface area contributed by atoms with Crippen LogP contribution < -0.4 is 5.73 Å². The molecule has 2 N–H and O–H groups in total. The average Bonchev–Trinajstić information content (AvgIpc) is 2.63. The van der Waals surface area contributed by atoms with Gasteiger partial charge in [-0.05, 0) is 47.8 Å². The average molecular weight is 217 g/mol. The normalized spacial score (nSPS) is 17.2. The highest BCUT2D eigenvalue weighted by atomic mass is 14.7. The number of nitrogens with two attached hydrogens (primary N) is 1. The number of hydrogen-bond acceptors (Lipinski definition) is 1. The lowest BCUT2D eigenvalue weighted by Crippen LogP contribution is -2.36. The number of hydrogen-bond donors (Lipinski definition) is 1. The van der Waals surface area contributed by atoms with Gasteiger partial charge in [-0.25, -0.2) is 0 Å². The predicted octanol–water partition coefficient (Wildman–Crippen LogP) is 3.09. The Balaban J connectivity index is 2.11. The second kappa shape index (κ2) is 4.21. The molecule has 1 heteroatoms. The van der Waals surface area contributed by atoms with E-state index in [2.05, 4.69) is 39.0 Å². The molecule has 0 fully saturated rings. The topological polar surface area (TPSA) is 26.0 Å². The third-order valence-electron chi connectivity index (χ3n) is 3.73. The molecular weight excluding hydrogens is 194 g/mol. The largest absolute Gasteiger partial charge is 0.327 e. The molecule has 0 spiro atoms. The van der Waals surface area contributed by atoms with Crippen LogP contribution in [0.1, 0.15) is 43.9 Å². The highest BCUT2D eigenvalue weighted by Gasteiger charge is 2.21. The minimum atomic E-state index is 0.193. The van der Waals surface area contributed by atoms with Gasteiger partial charge in [0, 0.05) is 6.04 Å². The Bertz CT molecular complexity index is 374. The Hall–Kier alpha value is -0.820. The Labute approximate surface area is 99.0 Å². The fourth-order valence-electron chi connectivity index (χ4n) is 2.31. The quantitative estimate of drug-likeness (QED) is 0.809. The van der Waals surface area contributed by atoms with E-state index in [4.69, 9.17) is 5.73 Å². The Kier molecular flexibility index (Phi) is 3.07. The lowest BCUT2D eigenvalue weighted by Gasteiger charge is -2.27. The molecule has 16 heavy (non-hydrogen) atoms. The summed E-state index contributed by atoms with van der Waals surface area (Å²) in [5.41, 5.74) is 10.9. The van der Waals surface area contributed by atoms with Crippen molar-refractivity contribution in [2.75, 3.05) is 0 Å². The standard InChI is InChI=1S/C15H23N/c1-15(2,3)14(16)10-11-7-8-12-5-4-6-13(12)9-11/h7-9,14H,4-6,10,16H2,1-3H3. The first kappa shape index (κ1) is 11.7. The molecule has 1 unspecified atom stereocenters. The third kappa shape index (κ3) is 2.46. The Morgan fingerprint density at radius 3 is 2.56 bits per heavy atom. The van der Waals surface area contributed by atoms with E-state index in [9.17, 15) is 0 Å². The van der Waals surface area contributed by atoms with Crippen LogP contribution in [0, 0.1) is 5.41 Å². The fraction of sp³-hybridized carbons (Fsp3) is 0.600. The van der Waals surface area contributed by atoms with E-state index >= 15 is 0 Å². The zero-order valence-electron chi connectivity index (χ0n) is 10.7. The third-order valence-corrected chi connectivity index (χ3v) is 3.73. The first-order valence-corrected chi connectivity index (χ1v) is 6.33. The zero-order valence-corrected chi connectivity index (χ0v) is 10.7. The summed E-state index contributed by atoms with van der Waals surface area (Å²) in [6.45, 7) is 6.64. The second-order valence-corrected chi connectivity index (χ2v) is 6.13. The van der Waals surface area contributed by atoms with E-state index in [0.29, 0.717) is 0 Å². The molecule has 1 atom stereocenters. The predicted molar refractivity (Wildman–Crippen MR) is 69.6 cm³/mol. The molecule has 0 saturated carbocycles. The van der Waals surface area contributed by atoms with Crippen molar-refractivity contribution in [2.24, 2.45) is 11.1 Å². The van der Waals surface area contributed by atoms with Crippen LogP contribution in [0.15, 0.2) is 18.2 Å². The fourth-order valence-corrected chi connectivity index (χ4v) is 2.31. The lowest BCUT2D eigenvalue weighted by molar-refractivity contribution is 0.318. The van der Waals surface area contributed by atoms with E-state index in [0.717, 1.165) is 6.42 Å². The van der Waals surface area contributed by atoms with Crippen molar-refractivity contribution in [1.29, 1.82) is 0 Å². The number of benzene rings is 1. The summed E-state index contributed by atoms with van der Waals surface area (Å²) >= 11 is 0. The zero-order chi connectivity index (χ0) is 11.8. The van der Waals surface area contributed by atoms with Crippen molar-refractivity contribution in [3.63, 3.8) is 0 Å². The van der Waals surface area contributed by atoms with Crippen molar-refractivity contribution in [3.8, 4) is 0 Å². The van der Waals surface area contributed by atoms with Crippen molar-refractivity contribution >= 4 is 0 Å². The van der Waals surface area contributed by atoms with Crippen LogP contribution in [0.5, 0.6) is 0 Å². The minimum Gasteiger partial charge on any atom is -0.327 e. The molecule has 0 bridgehead atoms. The molecule has 1 aliphatic carbocycles. The van der Waals surface area contributed by atoms with E-state index < -0.39 is 0 Å². The van der Waals surface area contributed by atoms with Gasteiger partial charge in [-0.3, -0.25) is 0 Å². The van der Waals surface area contributed by atoms with Gasteiger partial charge in [0.25, 0.3) is 0 Å². The van der Waals surface area contributed by atoms with Crippen molar-refractivity contribution in [3.05, 3.63) is 34.9 Å². The molecular formula is C15H23N. The number of rotatable bonds is 2. The second-order valence-electron chi connectivity index (χ2n) is 6.13. The molecule has 0 saturated heterocycles. The van der Waals surface area contributed by atoms with Crippen molar-refractivity contribution in [1.82, 2.24) is 0 Å². The molecule has 0 aliphatic heterocycles. The Morgan fingerprint density at radius 1 is 1.19 bits per heavy atom. The molecule has 1 aliphatic rings. The number of aryl methyl sites for hydroxylation is 2. The van der Waals surface area contributed by atoms with Gasteiger partial charge in [-0.1, -0.05) is 39.0 Å². The van der Waals surface area contributed by atoms with Gasteiger partial charge < -0.3 is 5.73 Å². The molecule has 1 aromatic rings. The summed E-state index contributed by atoms with van der Waals surface area (Å²) in [6.07, 6.45) is 4.84. The van der Waals surface area contributed by atoms with Gasteiger partial charge in [0.2, 0.25) is 0 Å². The summed E-state index contributed by atoms with van der Waals surface area (Å²) < 4.78 is 0. The van der Waals surface area contributed by atoms with E-state index in [1.807, 2.05) is 0 Å². The summed E-state index contributed by atoms with van der Waals surface area (Å²) in [7, 11) is 0. The first-order valence-electron chi connectivity index (χ1n) is 6.33. The molecule has 0 aromatic heterocycles. The summed E-state index contributed by atoms with van der Waals surface area (Å²) in [6, 6.07) is 7.17. The van der Waals surface area contributed by atoms with Crippen LogP contribution in [0.3, 0.4) is 0 Å². The van der Waals surface area contributed by atoms with Crippen molar-refractivity contribution < 1.29 is 0 Å². The molecule has 1 aromatic carbocycles. The summed E-state index contributed by atoms with van der Waals surface area (Å²) in [5, 5.41) is 0. The highest BCUT2D eigenvalue weighted by Crippen LogP contribution is 2.25. The van der Waals surface area contributed by atoms with Crippen LogP contribution in [-0.4, -0.2) is 6.04 Å². The molecule has 2 rings (SSSR count). The van der Waals surface area contributed by atoms with Crippen LogP contribution in [0.2, 0.25) is 0 Å². The van der Waals surface area contributed by atoms with E-state index in [1.165, 1.54) is 24.8 Å². The lowest BCUT2D eigenvalue weighted by atomic mass is 9.83. The van der Waals surface area contributed by atoms with Gasteiger partial charge in [0.15, 0.2) is 0 Å². The maximum atomic E-state index is 6.23. The van der Waals surface area contributed by atoms with Gasteiger partial charge in [0.05, 0.1) is 0 Å². The summed E-state index contributed by atoms with van der Waals surface area (Å²) in [5.74, 6) is 0. The van der Waals surface area contributed by atoms with Gasteiger partial charge in [-0.2, -0.15) is 0 Å². The molecule has 88 valence electrons. The maximum absolute atomic E-state index is 6.23. The molecule has 0 radical (unpaired) electrons. The van der Waals surface area contributed by atoms with E-state index in [-0.39, 0.29) is 11.5 Å². The SMILES string of the molecule is CC(C)(C)C(N)Cc1ccc2c(c1)CCC2. The Morgan fingerprint density at radius 2 is 1.88 bits per heavy atom.